The largest absolute Gasteiger partial charge is 0.444 e. The van der Waals surface area contributed by atoms with E-state index >= 15 is 0 Å². The Balaban J connectivity index is 1.59. The average molecular weight is 498 g/mol. The summed E-state index contributed by atoms with van der Waals surface area (Å²) in [6.07, 6.45) is 6.16. The molecule has 12 heteroatoms. The smallest absolute Gasteiger partial charge is 0.410 e. The molecule has 2 atom stereocenters. The molecule has 0 radical (unpaired) electrons. The molecule has 1 fully saturated rings. The number of pyridine rings is 1. The van der Waals surface area contributed by atoms with E-state index in [1.807, 2.05) is 38.2 Å². The fraction of sp³-hybridized carbons (Fsp3) is 0.435. The van der Waals surface area contributed by atoms with Crippen LogP contribution in [0.15, 0.2) is 31.2 Å². The molecule has 5 heterocycles. The van der Waals surface area contributed by atoms with E-state index in [-0.39, 0.29) is 18.2 Å². The Labute approximate surface area is 207 Å². The van der Waals surface area contributed by atoms with Crippen molar-refractivity contribution in [2.75, 3.05) is 25.0 Å². The minimum atomic E-state index is -0.600. The molecule has 1 saturated heterocycles. The maximum atomic E-state index is 13.2. The number of anilines is 1. The van der Waals surface area contributed by atoms with Crippen molar-refractivity contribution in [3.63, 3.8) is 0 Å². The van der Waals surface area contributed by atoms with Crippen molar-refractivity contribution in [3.8, 4) is 0 Å². The molecule has 4 aromatic heterocycles. The lowest BCUT2D eigenvalue weighted by atomic mass is 9.98. The first kappa shape index (κ1) is 23.3. The summed E-state index contributed by atoms with van der Waals surface area (Å²) in [6, 6.07) is 1.40. The second-order valence-corrected chi connectivity index (χ2v) is 9.97. The molecule has 4 aromatic rings. The first-order chi connectivity index (χ1) is 16.7. The maximum Gasteiger partial charge on any atom is 0.410 e. The highest BCUT2D eigenvalue weighted by atomic mass is 35.5. The summed E-state index contributed by atoms with van der Waals surface area (Å²) >= 11 is 6.67. The van der Waals surface area contributed by atoms with Crippen LogP contribution in [0.1, 0.15) is 51.0 Å². The molecular formula is C23H28ClN9O2. The number of amides is 1. The van der Waals surface area contributed by atoms with Crippen LogP contribution in [0.3, 0.4) is 0 Å². The number of nitrogens with one attached hydrogen (secondary N) is 3. The van der Waals surface area contributed by atoms with Gasteiger partial charge in [-0.05, 0) is 39.3 Å². The molecule has 0 bridgehead atoms. The number of nitrogens with zero attached hydrogens (tertiary/aromatic N) is 6. The number of hydrogen-bond donors (Lipinski definition) is 3. The molecule has 2 unspecified atom stereocenters. The Morgan fingerprint density at radius 3 is 2.94 bits per heavy atom. The molecule has 35 heavy (non-hydrogen) atoms. The van der Waals surface area contributed by atoms with Gasteiger partial charge in [0.15, 0.2) is 11.5 Å². The highest BCUT2D eigenvalue weighted by molar-refractivity contribution is 6.33. The van der Waals surface area contributed by atoms with Gasteiger partial charge in [0.25, 0.3) is 0 Å². The number of imidazole rings is 2. The summed E-state index contributed by atoms with van der Waals surface area (Å²) in [6.45, 7) is 9.39. The second-order valence-electron chi connectivity index (χ2n) is 9.56. The maximum absolute atomic E-state index is 13.2. The number of carbonyl (C=O) groups is 1. The van der Waals surface area contributed by atoms with E-state index in [2.05, 4.69) is 35.6 Å². The van der Waals surface area contributed by atoms with Gasteiger partial charge in [-0.3, -0.25) is 9.30 Å². The van der Waals surface area contributed by atoms with Crippen LogP contribution < -0.4 is 10.6 Å². The zero-order valence-corrected chi connectivity index (χ0v) is 20.8. The number of H-pyrrole nitrogens is 1. The summed E-state index contributed by atoms with van der Waals surface area (Å²) in [5.41, 5.74) is 3.27. The number of halogens is 1. The molecule has 0 saturated carbocycles. The minimum absolute atomic E-state index is 0.224. The van der Waals surface area contributed by atoms with Crippen molar-refractivity contribution in [1.82, 2.24) is 39.5 Å². The lowest BCUT2D eigenvalue weighted by molar-refractivity contribution is 0.0111. The number of fused-ring (bicyclic) bond motifs is 2. The van der Waals surface area contributed by atoms with Gasteiger partial charge in [0.05, 0.1) is 47.2 Å². The number of hydrogen-bond acceptors (Lipinski definition) is 8. The standard InChI is InChI=1S/C23H28ClN9O2/c1-13(31-21-18-20(28-10-27-18)29-11-30-21)14-7-15(24)16-8-26-12-33(16)19(14)17-9-25-5-6-32(17)22(34)35-23(2,3)4/h7-8,10-13,17,25H,5-6,9H2,1-4H3,(H2,27,28,29,30,31). The van der Waals surface area contributed by atoms with E-state index in [0.717, 1.165) is 16.8 Å². The van der Waals surface area contributed by atoms with Gasteiger partial charge in [-0.1, -0.05) is 11.6 Å². The number of carbonyl (C=O) groups excluding carboxylic acids is 1. The molecule has 184 valence electrons. The predicted octanol–water partition coefficient (Wildman–Crippen LogP) is 3.71. The monoisotopic (exact) mass is 497 g/mol. The normalized spacial score (nSPS) is 17.6. The van der Waals surface area contributed by atoms with Crippen molar-refractivity contribution >= 4 is 40.2 Å². The van der Waals surface area contributed by atoms with Crippen LogP contribution in [0.5, 0.6) is 0 Å². The van der Waals surface area contributed by atoms with Gasteiger partial charge >= 0.3 is 6.09 Å². The van der Waals surface area contributed by atoms with Crippen LogP contribution in [-0.2, 0) is 4.74 Å². The van der Waals surface area contributed by atoms with E-state index in [9.17, 15) is 4.79 Å². The fourth-order valence-electron chi connectivity index (χ4n) is 4.43. The zero-order valence-electron chi connectivity index (χ0n) is 20.0. The van der Waals surface area contributed by atoms with Crippen molar-refractivity contribution < 1.29 is 9.53 Å². The Morgan fingerprint density at radius 1 is 1.31 bits per heavy atom. The van der Waals surface area contributed by atoms with Gasteiger partial charge in [0.2, 0.25) is 0 Å². The third kappa shape index (κ3) is 4.48. The van der Waals surface area contributed by atoms with Crippen LogP contribution in [0, 0.1) is 0 Å². The number of aromatic nitrogens is 6. The molecular weight excluding hydrogens is 470 g/mol. The number of rotatable bonds is 4. The van der Waals surface area contributed by atoms with Crippen LogP contribution >= 0.6 is 11.6 Å². The highest BCUT2D eigenvalue weighted by Gasteiger charge is 2.35. The molecule has 1 amide bonds. The third-order valence-corrected chi connectivity index (χ3v) is 6.25. The van der Waals surface area contributed by atoms with Crippen LogP contribution in [0.2, 0.25) is 5.02 Å². The Hall–Kier alpha value is -3.44. The second kappa shape index (κ2) is 8.97. The molecule has 11 nitrogen and oxygen atoms in total. The first-order valence-electron chi connectivity index (χ1n) is 11.5. The summed E-state index contributed by atoms with van der Waals surface area (Å²) in [5.74, 6) is 0.624. The first-order valence-corrected chi connectivity index (χ1v) is 11.9. The van der Waals surface area contributed by atoms with Gasteiger partial charge in [0, 0.05) is 19.6 Å². The van der Waals surface area contributed by atoms with Crippen molar-refractivity contribution in [2.24, 2.45) is 0 Å². The van der Waals surface area contributed by atoms with Crippen molar-refractivity contribution in [2.45, 2.75) is 45.4 Å². The van der Waals surface area contributed by atoms with Gasteiger partial charge < -0.3 is 20.4 Å². The minimum Gasteiger partial charge on any atom is -0.444 e. The van der Waals surface area contributed by atoms with Crippen molar-refractivity contribution in [3.05, 3.63) is 47.5 Å². The highest BCUT2D eigenvalue weighted by Crippen LogP contribution is 2.35. The quantitative estimate of drug-likeness (QED) is 0.389. The van der Waals surface area contributed by atoms with Crippen LogP contribution in [-0.4, -0.2) is 65.5 Å². The molecule has 0 aromatic carbocycles. The van der Waals surface area contributed by atoms with Crippen LogP contribution in [0.25, 0.3) is 16.7 Å². The lowest BCUT2D eigenvalue weighted by Crippen LogP contribution is -2.51. The summed E-state index contributed by atoms with van der Waals surface area (Å²) < 4.78 is 7.70. The van der Waals surface area contributed by atoms with E-state index in [0.29, 0.717) is 41.6 Å². The van der Waals surface area contributed by atoms with Gasteiger partial charge in [-0.2, -0.15) is 0 Å². The average Bonchev–Trinajstić information content (AvgIpc) is 3.48. The predicted molar refractivity (Wildman–Crippen MR) is 132 cm³/mol. The Bertz CT molecular complexity index is 1380. The molecule has 0 aliphatic carbocycles. The molecule has 0 spiro atoms. The van der Waals surface area contributed by atoms with Gasteiger partial charge in [0.1, 0.15) is 17.4 Å². The molecule has 3 N–H and O–H groups in total. The molecule has 5 rings (SSSR count). The summed E-state index contributed by atoms with van der Waals surface area (Å²) in [4.78, 5) is 35.2. The van der Waals surface area contributed by atoms with E-state index in [4.69, 9.17) is 16.3 Å². The fourth-order valence-corrected chi connectivity index (χ4v) is 4.69. The van der Waals surface area contributed by atoms with Crippen LogP contribution in [0.4, 0.5) is 10.6 Å². The Kier molecular flexibility index (Phi) is 5.97. The van der Waals surface area contributed by atoms with Crippen molar-refractivity contribution in [1.29, 1.82) is 0 Å². The summed E-state index contributed by atoms with van der Waals surface area (Å²) in [7, 11) is 0. The van der Waals surface area contributed by atoms with E-state index in [1.54, 1.807) is 23.8 Å². The number of ether oxygens (including phenoxy) is 1. The molecule has 1 aliphatic rings. The number of piperazine rings is 1. The SMILES string of the molecule is CC(Nc1ncnc2nc[nH]c12)c1cc(Cl)c2cncn2c1C1CNCCN1C(=O)OC(C)(C)C. The topological polar surface area (TPSA) is 125 Å². The zero-order chi connectivity index (χ0) is 24.7. The van der Waals surface area contributed by atoms with Gasteiger partial charge in [-0.15, -0.1) is 0 Å². The number of aromatic amines is 1. The van der Waals surface area contributed by atoms with Gasteiger partial charge in [-0.25, -0.2) is 24.7 Å². The Morgan fingerprint density at radius 2 is 2.14 bits per heavy atom. The summed E-state index contributed by atoms with van der Waals surface area (Å²) in [5, 5.41) is 7.45. The van der Waals surface area contributed by atoms with E-state index in [1.165, 1.54) is 6.33 Å². The van der Waals surface area contributed by atoms with E-state index < -0.39 is 5.60 Å². The molecule has 1 aliphatic heterocycles. The lowest BCUT2D eigenvalue weighted by Gasteiger charge is -2.39. The third-order valence-electron chi connectivity index (χ3n) is 5.95.